The predicted molar refractivity (Wildman–Crippen MR) is 92.2 cm³/mol. The number of amides is 1. The Morgan fingerprint density at radius 3 is 2.40 bits per heavy atom. The molecule has 2 aromatic rings. The summed E-state index contributed by atoms with van der Waals surface area (Å²) in [6, 6.07) is 13.0. The second kappa shape index (κ2) is 8.73. The molecule has 0 aromatic heterocycles. The lowest BCUT2D eigenvalue weighted by Crippen LogP contribution is -2.43. The van der Waals surface area contributed by atoms with Crippen molar-refractivity contribution < 1.29 is 24.5 Å². The Morgan fingerprint density at radius 2 is 1.76 bits per heavy atom. The Kier molecular flexibility index (Phi) is 6.39. The number of nitrogens with one attached hydrogen (secondary N) is 1. The first-order chi connectivity index (χ1) is 12.0. The number of ether oxygens (including phenoxy) is 1. The number of hydrogen-bond donors (Lipinski definition) is 3. The van der Waals surface area contributed by atoms with Gasteiger partial charge in [0.1, 0.15) is 6.04 Å². The summed E-state index contributed by atoms with van der Waals surface area (Å²) in [5.41, 5.74) is 1.63. The Labute approximate surface area is 146 Å². The third kappa shape index (κ3) is 5.53. The van der Waals surface area contributed by atoms with Gasteiger partial charge in [-0.3, -0.25) is 4.79 Å². The van der Waals surface area contributed by atoms with Crippen molar-refractivity contribution in [2.45, 2.75) is 25.3 Å². The van der Waals surface area contributed by atoms with Gasteiger partial charge in [-0.05, 0) is 29.7 Å². The molecule has 3 N–H and O–H groups in total. The number of esters is 1. The average Bonchev–Trinajstić information content (AvgIpc) is 2.62. The molecule has 0 aliphatic carbocycles. The average molecular weight is 343 g/mol. The molecule has 1 amide bonds. The number of hydrogen-bond acceptors (Lipinski definition) is 5. The highest BCUT2D eigenvalue weighted by Crippen LogP contribution is 2.25. The van der Waals surface area contributed by atoms with Gasteiger partial charge in [-0.15, -0.1) is 0 Å². The zero-order valence-electron chi connectivity index (χ0n) is 13.9. The molecule has 25 heavy (non-hydrogen) atoms. The number of carbonyl (C=O) groups is 2. The molecule has 132 valence electrons. The van der Waals surface area contributed by atoms with Crippen LogP contribution in [0.1, 0.15) is 17.5 Å². The van der Waals surface area contributed by atoms with Gasteiger partial charge in [-0.1, -0.05) is 36.4 Å². The number of phenolic OH excluding ortho intramolecular Hbond substituents is 2. The Bertz CT molecular complexity index is 730. The molecule has 1 atom stereocenters. The van der Waals surface area contributed by atoms with E-state index in [1.54, 1.807) is 6.07 Å². The van der Waals surface area contributed by atoms with Crippen LogP contribution in [-0.4, -0.2) is 35.2 Å². The second-order valence-electron chi connectivity index (χ2n) is 5.66. The van der Waals surface area contributed by atoms with E-state index in [1.807, 2.05) is 30.3 Å². The van der Waals surface area contributed by atoms with Crippen molar-refractivity contribution in [2.24, 2.45) is 0 Å². The normalized spacial score (nSPS) is 11.6. The number of rotatable bonds is 7. The van der Waals surface area contributed by atoms with Crippen molar-refractivity contribution in [1.82, 2.24) is 5.32 Å². The van der Waals surface area contributed by atoms with E-state index >= 15 is 0 Å². The molecule has 0 bridgehead atoms. The molecular formula is C19H21NO5. The van der Waals surface area contributed by atoms with E-state index in [0.717, 1.165) is 5.56 Å². The van der Waals surface area contributed by atoms with Gasteiger partial charge in [-0.25, -0.2) is 4.79 Å². The zero-order chi connectivity index (χ0) is 18.2. The van der Waals surface area contributed by atoms with Gasteiger partial charge in [0.2, 0.25) is 5.91 Å². The highest BCUT2D eigenvalue weighted by Gasteiger charge is 2.21. The van der Waals surface area contributed by atoms with Crippen molar-refractivity contribution >= 4 is 11.9 Å². The van der Waals surface area contributed by atoms with Crippen molar-refractivity contribution in [2.75, 3.05) is 7.11 Å². The van der Waals surface area contributed by atoms with Gasteiger partial charge in [0, 0.05) is 12.8 Å². The van der Waals surface area contributed by atoms with Gasteiger partial charge in [0.15, 0.2) is 11.5 Å². The summed E-state index contributed by atoms with van der Waals surface area (Å²) in [7, 11) is 1.28. The minimum atomic E-state index is -0.756. The Hall–Kier alpha value is -3.02. The van der Waals surface area contributed by atoms with E-state index in [2.05, 4.69) is 5.32 Å². The number of benzene rings is 2. The molecular weight excluding hydrogens is 322 g/mol. The van der Waals surface area contributed by atoms with Crippen LogP contribution in [-0.2, 0) is 27.2 Å². The summed E-state index contributed by atoms with van der Waals surface area (Å²) in [6.07, 6.45) is 0.866. The first-order valence-electron chi connectivity index (χ1n) is 7.91. The molecule has 6 nitrogen and oxygen atoms in total. The molecule has 6 heteroatoms. The smallest absolute Gasteiger partial charge is 0.328 e. The maximum absolute atomic E-state index is 12.2. The van der Waals surface area contributed by atoms with E-state index in [9.17, 15) is 19.8 Å². The summed E-state index contributed by atoms with van der Waals surface area (Å²) >= 11 is 0. The summed E-state index contributed by atoms with van der Waals surface area (Å²) in [6.45, 7) is 0. The number of methoxy groups -OCH3 is 1. The van der Waals surface area contributed by atoms with Crippen LogP contribution in [0.5, 0.6) is 11.5 Å². The fourth-order valence-electron chi connectivity index (χ4n) is 2.43. The lowest BCUT2D eigenvalue weighted by Gasteiger charge is -2.16. The zero-order valence-corrected chi connectivity index (χ0v) is 13.9. The van der Waals surface area contributed by atoms with E-state index in [4.69, 9.17) is 4.74 Å². The number of aromatic hydroxyl groups is 2. The van der Waals surface area contributed by atoms with E-state index < -0.39 is 12.0 Å². The summed E-state index contributed by atoms with van der Waals surface area (Å²) in [5.74, 6) is -1.23. The minimum absolute atomic E-state index is 0.145. The van der Waals surface area contributed by atoms with Crippen LogP contribution < -0.4 is 5.32 Å². The quantitative estimate of drug-likeness (QED) is 0.527. The first-order valence-corrected chi connectivity index (χ1v) is 7.91. The topological polar surface area (TPSA) is 95.9 Å². The SMILES string of the molecule is COC(=O)C(Cc1ccccc1)NC(=O)CCc1ccc(O)c(O)c1. The number of aryl methyl sites for hydroxylation is 1. The lowest BCUT2D eigenvalue weighted by atomic mass is 10.0. The van der Waals surface area contributed by atoms with Crippen molar-refractivity contribution in [1.29, 1.82) is 0 Å². The predicted octanol–water partition coefficient (Wildman–Crippen LogP) is 1.93. The fraction of sp³-hybridized carbons (Fsp3) is 0.263. The van der Waals surface area contributed by atoms with E-state index in [0.29, 0.717) is 18.4 Å². The molecule has 0 saturated heterocycles. The van der Waals surface area contributed by atoms with E-state index in [1.165, 1.54) is 19.2 Å². The van der Waals surface area contributed by atoms with Gasteiger partial charge in [0.25, 0.3) is 0 Å². The molecule has 0 spiro atoms. The largest absolute Gasteiger partial charge is 0.504 e. The van der Waals surface area contributed by atoms with Gasteiger partial charge < -0.3 is 20.3 Å². The van der Waals surface area contributed by atoms with Crippen LogP contribution in [0.3, 0.4) is 0 Å². The third-order valence-corrected chi connectivity index (χ3v) is 3.78. The molecule has 2 rings (SSSR count). The van der Waals surface area contributed by atoms with Crippen LogP contribution in [0.25, 0.3) is 0 Å². The standard InChI is InChI=1S/C19H21NO5/c1-25-19(24)15(11-13-5-3-2-4-6-13)20-18(23)10-8-14-7-9-16(21)17(22)12-14/h2-7,9,12,15,21-22H,8,10-11H2,1H3,(H,20,23). The van der Waals surface area contributed by atoms with Gasteiger partial charge >= 0.3 is 5.97 Å². The Morgan fingerprint density at radius 1 is 1.04 bits per heavy atom. The highest BCUT2D eigenvalue weighted by atomic mass is 16.5. The van der Waals surface area contributed by atoms with Gasteiger partial charge in [0.05, 0.1) is 7.11 Å². The maximum Gasteiger partial charge on any atom is 0.328 e. The monoisotopic (exact) mass is 343 g/mol. The lowest BCUT2D eigenvalue weighted by molar-refractivity contribution is -0.145. The molecule has 0 aliphatic heterocycles. The van der Waals surface area contributed by atoms with Crippen molar-refractivity contribution in [3.63, 3.8) is 0 Å². The summed E-state index contributed by atoms with van der Waals surface area (Å²) < 4.78 is 4.76. The molecule has 0 radical (unpaired) electrons. The van der Waals surface area contributed by atoms with Crippen LogP contribution >= 0.6 is 0 Å². The fourth-order valence-corrected chi connectivity index (χ4v) is 2.43. The second-order valence-corrected chi connectivity index (χ2v) is 5.66. The highest BCUT2D eigenvalue weighted by molar-refractivity contribution is 5.84. The Balaban J connectivity index is 1.94. The molecule has 2 aromatic carbocycles. The number of phenols is 2. The molecule has 0 aliphatic rings. The van der Waals surface area contributed by atoms with E-state index in [-0.39, 0.29) is 23.8 Å². The summed E-state index contributed by atoms with van der Waals surface area (Å²) in [5, 5.41) is 21.4. The van der Waals surface area contributed by atoms with Crippen LogP contribution in [0.15, 0.2) is 48.5 Å². The van der Waals surface area contributed by atoms with Crippen LogP contribution in [0, 0.1) is 0 Å². The molecule has 0 saturated carbocycles. The van der Waals surface area contributed by atoms with Gasteiger partial charge in [-0.2, -0.15) is 0 Å². The summed E-state index contributed by atoms with van der Waals surface area (Å²) in [4.78, 5) is 24.1. The van der Waals surface area contributed by atoms with Crippen LogP contribution in [0.2, 0.25) is 0 Å². The van der Waals surface area contributed by atoms with Crippen LogP contribution in [0.4, 0.5) is 0 Å². The number of carbonyl (C=O) groups excluding carboxylic acids is 2. The van der Waals surface area contributed by atoms with Crippen molar-refractivity contribution in [3.8, 4) is 11.5 Å². The van der Waals surface area contributed by atoms with Crippen molar-refractivity contribution in [3.05, 3.63) is 59.7 Å². The third-order valence-electron chi connectivity index (χ3n) is 3.78. The molecule has 1 unspecified atom stereocenters. The minimum Gasteiger partial charge on any atom is -0.504 e. The first kappa shape index (κ1) is 18.3. The molecule has 0 heterocycles. The molecule has 0 fully saturated rings. The maximum atomic E-state index is 12.2.